The average Bonchev–Trinajstić information content (AvgIpc) is 2.36. The van der Waals surface area contributed by atoms with Gasteiger partial charge in [-0.1, -0.05) is 0 Å². The normalized spacial score (nSPS) is 18.0. The zero-order valence-electron chi connectivity index (χ0n) is 6.68. The van der Waals surface area contributed by atoms with Crippen molar-refractivity contribution in [1.82, 2.24) is 0 Å². The van der Waals surface area contributed by atoms with Crippen LogP contribution in [-0.4, -0.2) is 6.61 Å². The van der Waals surface area contributed by atoms with Crippen molar-refractivity contribution in [3.63, 3.8) is 0 Å². The Balaban J connectivity index is 2.70. The Hall–Kier alpha value is -1.52. The molecule has 0 amide bonds. The van der Waals surface area contributed by atoms with Crippen LogP contribution in [0.3, 0.4) is 0 Å². The van der Waals surface area contributed by atoms with Crippen LogP contribution in [0.4, 0.5) is 20.2 Å². The quantitative estimate of drug-likeness (QED) is 0.601. The second kappa shape index (κ2) is 2.25. The summed E-state index contributed by atoms with van der Waals surface area (Å²) in [6.07, 6.45) is 0. The van der Waals surface area contributed by atoms with Crippen LogP contribution in [0.5, 0.6) is 5.75 Å². The molecule has 70 valence electrons. The van der Waals surface area contributed by atoms with E-state index in [2.05, 4.69) is 0 Å². The number of hydrogen-bond donors (Lipinski definition) is 2. The molecule has 3 nitrogen and oxygen atoms in total. The number of anilines is 2. The molecule has 0 aromatic heterocycles. The van der Waals surface area contributed by atoms with E-state index < -0.39 is 12.5 Å². The van der Waals surface area contributed by atoms with Crippen molar-refractivity contribution >= 4 is 11.4 Å². The molecule has 4 N–H and O–H groups in total. The highest BCUT2D eigenvalue weighted by Crippen LogP contribution is 2.47. The third-order valence-corrected chi connectivity index (χ3v) is 1.98. The molecule has 1 aliphatic rings. The van der Waals surface area contributed by atoms with Gasteiger partial charge in [-0.15, -0.1) is 0 Å². The summed E-state index contributed by atoms with van der Waals surface area (Å²) in [6.45, 7) is -0.680. The van der Waals surface area contributed by atoms with Gasteiger partial charge in [0.05, 0.1) is 11.3 Å². The van der Waals surface area contributed by atoms with E-state index >= 15 is 0 Å². The second-order valence-corrected chi connectivity index (χ2v) is 2.94. The zero-order valence-corrected chi connectivity index (χ0v) is 6.68. The zero-order chi connectivity index (χ0) is 9.64. The number of nitrogen functional groups attached to an aromatic ring is 2. The summed E-state index contributed by atoms with van der Waals surface area (Å²) in [5.41, 5.74) is 10.8. The molecule has 0 bridgehead atoms. The summed E-state index contributed by atoms with van der Waals surface area (Å²) in [4.78, 5) is 0. The van der Waals surface area contributed by atoms with Crippen LogP contribution < -0.4 is 16.2 Å². The molecule has 0 saturated heterocycles. The lowest BCUT2D eigenvalue weighted by atomic mass is 10.1. The summed E-state index contributed by atoms with van der Waals surface area (Å²) in [5.74, 6) is -3.00. The molecule has 0 unspecified atom stereocenters. The topological polar surface area (TPSA) is 61.3 Å². The first-order valence-electron chi connectivity index (χ1n) is 3.71. The molecule has 0 spiro atoms. The van der Waals surface area contributed by atoms with E-state index in [1.807, 2.05) is 0 Å². The monoisotopic (exact) mass is 186 g/mol. The Kier molecular flexibility index (Phi) is 1.40. The van der Waals surface area contributed by atoms with Gasteiger partial charge < -0.3 is 16.2 Å². The van der Waals surface area contributed by atoms with Gasteiger partial charge in [0.25, 0.3) is 0 Å². The number of halogens is 2. The Morgan fingerprint density at radius 1 is 1.23 bits per heavy atom. The molecule has 1 aromatic carbocycles. The van der Waals surface area contributed by atoms with Crippen molar-refractivity contribution in [2.75, 3.05) is 18.1 Å². The van der Waals surface area contributed by atoms with Crippen molar-refractivity contribution in [1.29, 1.82) is 0 Å². The molecule has 5 heteroatoms. The van der Waals surface area contributed by atoms with E-state index in [0.29, 0.717) is 0 Å². The van der Waals surface area contributed by atoms with Gasteiger partial charge >= 0.3 is 5.92 Å². The molecule has 0 fully saturated rings. The number of fused-ring (bicyclic) bond motifs is 1. The molecule has 13 heavy (non-hydrogen) atoms. The van der Waals surface area contributed by atoms with E-state index in [-0.39, 0.29) is 22.7 Å². The third-order valence-electron chi connectivity index (χ3n) is 1.98. The molecule has 2 rings (SSSR count). The Morgan fingerprint density at radius 2 is 1.85 bits per heavy atom. The lowest BCUT2D eigenvalue weighted by molar-refractivity contribution is -0.0207. The smallest absolute Gasteiger partial charge is 0.312 e. The highest BCUT2D eigenvalue weighted by molar-refractivity contribution is 5.69. The van der Waals surface area contributed by atoms with Crippen molar-refractivity contribution in [3.05, 3.63) is 17.7 Å². The van der Waals surface area contributed by atoms with Crippen LogP contribution in [0.2, 0.25) is 0 Å². The fraction of sp³-hybridized carbons (Fsp3) is 0.250. The minimum atomic E-state index is -3.02. The number of alkyl halides is 2. The van der Waals surface area contributed by atoms with Gasteiger partial charge in [0.1, 0.15) is 0 Å². The van der Waals surface area contributed by atoms with Crippen molar-refractivity contribution in [3.8, 4) is 5.75 Å². The van der Waals surface area contributed by atoms with Crippen LogP contribution in [0.15, 0.2) is 12.1 Å². The van der Waals surface area contributed by atoms with Gasteiger partial charge in [0, 0.05) is 5.69 Å². The van der Waals surface area contributed by atoms with Crippen molar-refractivity contribution in [2.45, 2.75) is 5.92 Å². The predicted octanol–water partition coefficient (Wildman–Crippen LogP) is 1.34. The number of nitrogens with two attached hydrogens (primary N) is 2. The lowest BCUT2D eigenvalue weighted by Crippen LogP contribution is -2.15. The summed E-state index contributed by atoms with van der Waals surface area (Å²) < 4.78 is 31.0. The Morgan fingerprint density at radius 3 is 2.46 bits per heavy atom. The molecule has 0 aliphatic carbocycles. The first-order chi connectivity index (χ1) is 6.02. The van der Waals surface area contributed by atoms with E-state index in [4.69, 9.17) is 16.2 Å². The van der Waals surface area contributed by atoms with Crippen molar-refractivity contribution < 1.29 is 13.5 Å². The largest absolute Gasteiger partial charge is 0.484 e. The van der Waals surface area contributed by atoms with Crippen LogP contribution in [0.1, 0.15) is 5.56 Å². The van der Waals surface area contributed by atoms with E-state index in [1.54, 1.807) is 0 Å². The molecular formula is C8H8F2N2O. The number of ether oxygens (including phenoxy) is 1. The van der Waals surface area contributed by atoms with Gasteiger partial charge in [-0.05, 0) is 12.1 Å². The molecule has 1 heterocycles. The molecular weight excluding hydrogens is 178 g/mol. The van der Waals surface area contributed by atoms with E-state index in [1.165, 1.54) is 12.1 Å². The fourth-order valence-electron chi connectivity index (χ4n) is 1.38. The number of rotatable bonds is 0. The summed E-state index contributed by atoms with van der Waals surface area (Å²) in [6, 6.07) is 2.81. The van der Waals surface area contributed by atoms with Crippen LogP contribution in [-0.2, 0) is 5.92 Å². The number of benzene rings is 1. The van der Waals surface area contributed by atoms with Gasteiger partial charge in [-0.3, -0.25) is 0 Å². The lowest BCUT2D eigenvalue weighted by Gasteiger charge is -2.09. The van der Waals surface area contributed by atoms with E-state index in [9.17, 15) is 8.78 Å². The summed E-state index contributed by atoms with van der Waals surface area (Å²) in [7, 11) is 0. The average molecular weight is 186 g/mol. The summed E-state index contributed by atoms with van der Waals surface area (Å²) >= 11 is 0. The third kappa shape index (κ3) is 0.998. The van der Waals surface area contributed by atoms with Gasteiger partial charge in [-0.25, -0.2) is 0 Å². The van der Waals surface area contributed by atoms with Crippen LogP contribution in [0.25, 0.3) is 0 Å². The maximum absolute atomic E-state index is 13.1. The number of hydrogen-bond acceptors (Lipinski definition) is 3. The SMILES string of the molecule is Nc1ccc(N)c2c1OCC2(F)F. The van der Waals surface area contributed by atoms with Gasteiger partial charge in [0.2, 0.25) is 0 Å². The van der Waals surface area contributed by atoms with Crippen LogP contribution in [0, 0.1) is 0 Å². The fourth-order valence-corrected chi connectivity index (χ4v) is 1.38. The molecule has 0 saturated carbocycles. The van der Waals surface area contributed by atoms with Crippen LogP contribution >= 0.6 is 0 Å². The first-order valence-corrected chi connectivity index (χ1v) is 3.71. The van der Waals surface area contributed by atoms with Gasteiger partial charge in [0.15, 0.2) is 12.4 Å². The highest BCUT2D eigenvalue weighted by Gasteiger charge is 2.44. The Labute approximate surface area is 73.3 Å². The second-order valence-electron chi connectivity index (χ2n) is 2.94. The summed E-state index contributed by atoms with van der Waals surface area (Å²) in [5, 5.41) is 0. The maximum atomic E-state index is 13.1. The highest BCUT2D eigenvalue weighted by atomic mass is 19.3. The van der Waals surface area contributed by atoms with E-state index in [0.717, 1.165) is 0 Å². The van der Waals surface area contributed by atoms with Crippen molar-refractivity contribution in [2.24, 2.45) is 0 Å². The first kappa shape index (κ1) is 8.10. The molecule has 0 atom stereocenters. The standard InChI is InChI=1S/C8H8F2N2O/c9-8(10)3-13-7-5(12)2-1-4(11)6(7)8/h1-2H,3,11-12H2. The van der Waals surface area contributed by atoms with Gasteiger partial charge in [-0.2, -0.15) is 8.78 Å². The maximum Gasteiger partial charge on any atom is 0.312 e. The Bertz CT molecular complexity index is 365. The minimum absolute atomic E-state index is 0.0185. The molecule has 1 aromatic rings. The molecule has 0 radical (unpaired) electrons. The predicted molar refractivity (Wildman–Crippen MR) is 44.7 cm³/mol. The molecule has 1 aliphatic heterocycles. The minimum Gasteiger partial charge on any atom is -0.484 e.